The molecular weight excluding hydrogens is 320 g/mol. The fraction of sp³-hybridized carbons (Fsp3) is 0.389. The van der Waals surface area contributed by atoms with Crippen LogP contribution in [0.15, 0.2) is 36.4 Å². The van der Waals surface area contributed by atoms with Gasteiger partial charge in [0, 0.05) is 30.9 Å². The van der Waals surface area contributed by atoms with Crippen LogP contribution in [-0.4, -0.2) is 40.0 Å². The summed E-state index contributed by atoms with van der Waals surface area (Å²) >= 11 is 0. The van der Waals surface area contributed by atoms with Gasteiger partial charge in [0.25, 0.3) is 11.6 Å². The molecule has 0 spiro atoms. The Bertz CT molecular complexity index is 791. The number of H-pyrrole nitrogens is 1. The smallest absolute Gasteiger partial charge is 0.269 e. The minimum Gasteiger partial charge on any atom is -0.351 e. The number of nitro groups is 1. The molecule has 130 valence electrons. The molecule has 3 fully saturated rings. The Kier molecular flexibility index (Phi) is 4.01. The molecule has 7 heteroatoms. The quantitative estimate of drug-likeness (QED) is 0.661. The van der Waals surface area contributed by atoms with E-state index in [1.54, 1.807) is 18.2 Å². The van der Waals surface area contributed by atoms with Crippen molar-refractivity contribution in [2.45, 2.75) is 25.4 Å². The molecule has 1 atom stereocenters. The Morgan fingerprint density at radius 2 is 1.88 bits per heavy atom. The van der Waals surface area contributed by atoms with E-state index in [1.165, 1.54) is 25.0 Å². The number of aromatic nitrogens is 1. The maximum Gasteiger partial charge on any atom is 0.269 e. The first kappa shape index (κ1) is 15.8. The molecule has 2 N–H and O–H groups in total. The molecule has 3 aliphatic rings. The van der Waals surface area contributed by atoms with Gasteiger partial charge in [0.15, 0.2) is 0 Å². The number of piperidine rings is 3. The molecule has 2 bridgehead atoms. The number of nitro benzene ring substituents is 1. The van der Waals surface area contributed by atoms with Gasteiger partial charge in [-0.2, -0.15) is 0 Å². The van der Waals surface area contributed by atoms with Crippen molar-refractivity contribution >= 4 is 11.6 Å². The number of hydrogen-bond donors (Lipinski definition) is 2. The summed E-state index contributed by atoms with van der Waals surface area (Å²) in [6, 6.07) is 9.85. The normalized spacial score (nSPS) is 24.9. The average Bonchev–Trinajstić information content (AvgIpc) is 3.13. The van der Waals surface area contributed by atoms with Crippen LogP contribution in [0.5, 0.6) is 0 Å². The van der Waals surface area contributed by atoms with E-state index in [-0.39, 0.29) is 17.8 Å². The maximum atomic E-state index is 12.5. The summed E-state index contributed by atoms with van der Waals surface area (Å²) in [6.07, 6.45) is 3.63. The first-order valence-electron chi connectivity index (χ1n) is 8.59. The lowest BCUT2D eigenvalue weighted by Crippen LogP contribution is -2.56. The Morgan fingerprint density at radius 3 is 2.48 bits per heavy atom. The highest BCUT2D eigenvalue weighted by atomic mass is 16.6. The van der Waals surface area contributed by atoms with Crippen molar-refractivity contribution in [2.24, 2.45) is 5.92 Å². The zero-order valence-corrected chi connectivity index (χ0v) is 13.8. The van der Waals surface area contributed by atoms with Gasteiger partial charge in [-0.25, -0.2) is 0 Å². The van der Waals surface area contributed by atoms with E-state index in [4.69, 9.17) is 0 Å². The molecule has 25 heavy (non-hydrogen) atoms. The lowest BCUT2D eigenvalue weighted by Gasteiger charge is -2.45. The lowest BCUT2D eigenvalue weighted by atomic mass is 9.86. The van der Waals surface area contributed by atoms with Crippen molar-refractivity contribution in [1.82, 2.24) is 15.2 Å². The summed E-state index contributed by atoms with van der Waals surface area (Å²) in [5.41, 5.74) is 2.14. The third-order valence-electron chi connectivity index (χ3n) is 5.26. The molecule has 0 aliphatic carbocycles. The van der Waals surface area contributed by atoms with Gasteiger partial charge in [-0.3, -0.25) is 19.8 Å². The van der Waals surface area contributed by atoms with Gasteiger partial charge in [0.1, 0.15) is 5.69 Å². The fourth-order valence-corrected chi connectivity index (χ4v) is 3.80. The molecule has 1 aromatic heterocycles. The van der Waals surface area contributed by atoms with Gasteiger partial charge >= 0.3 is 0 Å². The average molecular weight is 340 g/mol. The van der Waals surface area contributed by atoms with Crippen molar-refractivity contribution in [3.63, 3.8) is 0 Å². The van der Waals surface area contributed by atoms with Crippen LogP contribution in [0.25, 0.3) is 11.3 Å². The van der Waals surface area contributed by atoms with Crippen molar-refractivity contribution < 1.29 is 9.72 Å². The van der Waals surface area contributed by atoms with E-state index in [0.717, 1.165) is 36.7 Å². The first-order valence-corrected chi connectivity index (χ1v) is 8.59. The van der Waals surface area contributed by atoms with E-state index in [1.807, 2.05) is 6.07 Å². The monoisotopic (exact) mass is 340 g/mol. The second-order valence-electron chi connectivity index (χ2n) is 6.79. The van der Waals surface area contributed by atoms with Gasteiger partial charge in [0.2, 0.25) is 0 Å². The molecule has 1 aromatic carbocycles. The van der Waals surface area contributed by atoms with Crippen LogP contribution >= 0.6 is 0 Å². The van der Waals surface area contributed by atoms with Crippen LogP contribution < -0.4 is 5.32 Å². The van der Waals surface area contributed by atoms with E-state index in [0.29, 0.717) is 5.69 Å². The van der Waals surface area contributed by atoms with Crippen LogP contribution in [0.4, 0.5) is 5.69 Å². The van der Waals surface area contributed by atoms with E-state index in [2.05, 4.69) is 15.2 Å². The highest BCUT2D eigenvalue weighted by molar-refractivity contribution is 5.93. The second kappa shape index (κ2) is 6.33. The van der Waals surface area contributed by atoms with E-state index < -0.39 is 4.92 Å². The Balaban J connectivity index is 1.45. The molecule has 2 aromatic rings. The SMILES string of the molecule is O=C(NC1CC2CCN1CC2)c1ccc(-c2ccc([N+](=O)[O-])cc2)[nH]1. The Hall–Kier alpha value is -2.67. The first-order chi connectivity index (χ1) is 12.1. The number of fused-ring (bicyclic) bond motifs is 3. The molecule has 3 saturated heterocycles. The van der Waals surface area contributed by atoms with Gasteiger partial charge in [-0.05, 0) is 55.0 Å². The minimum atomic E-state index is -0.426. The third-order valence-corrected chi connectivity index (χ3v) is 5.26. The third kappa shape index (κ3) is 3.15. The number of non-ortho nitro benzene ring substituents is 1. The van der Waals surface area contributed by atoms with Crippen molar-refractivity contribution in [3.8, 4) is 11.3 Å². The summed E-state index contributed by atoms with van der Waals surface area (Å²) in [5, 5.41) is 13.8. The van der Waals surface area contributed by atoms with Crippen LogP contribution in [0, 0.1) is 16.0 Å². The molecule has 7 nitrogen and oxygen atoms in total. The second-order valence-corrected chi connectivity index (χ2v) is 6.79. The number of benzene rings is 1. The lowest BCUT2D eigenvalue weighted by molar-refractivity contribution is -0.384. The molecule has 1 amide bonds. The minimum absolute atomic E-state index is 0.0506. The molecule has 3 aliphatic heterocycles. The summed E-state index contributed by atoms with van der Waals surface area (Å²) in [4.78, 5) is 28.3. The Labute approximate surface area is 145 Å². The summed E-state index contributed by atoms with van der Waals surface area (Å²) in [7, 11) is 0. The molecule has 4 heterocycles. The predicted molar refractivity (Wildman–Crippen MR) is 93.1 cm³/mol. The van der Waals surface area contributed by atoms with Crippen LogP contribution in [-0.2, 0) is 0 Å². The van der Waals surface area contributed by atoms with Crippen LogP contribution in [0.2, 0.25) is 0 Å². The topological polar surface area (TPSA) is 91.3 Å². The van der Waals surface area contributed by atoms with Crippen LogP contribution in [0.1, 0.15) is 29.8 Å². The van der Waals surface area contributed by atoms with Crippen molar-refractivity contribution in [1.29, 1.82) is 0 Å². The zero-order valence-electron chi connectivity index (χ0n) is 13.8. The summed E-state index contributed by atoms with van der Waals surface area (Å²) in [6.45, 7) is 2.13. The van der Waals surface area contributed by atoms with Crippen molar-refractivity contribution in [3.05, 3.63) is 52.2 Å². The van der Waals surface area contributed by atoms with Gasteiger partial charge < -0.3 is 10.3 Å². The molecule has 5 rings (SSSR count). The largest absolute Gasteiger partial charge is 0.351 e. The summed E-state index contributed by atoms with van der Waals surface area (Å²) < 4.78 is 0. The Morgan fingerprint density at radius 1 is 1.16 bits per heavy atom. The number of hydrogen-bond acceptors (Lipinski definition) is 4. The van der Waals surface area contributed by atoms with E-state index in [9.17, 15) is 14.9 Å². The molecule has 1 unspecified atom stereocenters. The summed E-state index contributed by atoms with van der Waals surface area (Å²) in [5.74, 6) is 0.625. The van der Waals surface area contributed by atoms with Crippen molar-refractivity contribution in [2.75, 3.05) is 13.1 Å². The molecule has 0 saturated carbocycles. The number of amides is 1. The number of nitrogens with zero attached hydrogens (tertiary/aromatic N) is 2. The molecule has 0 radical (unpaired) electrons. The number of carbonyl (C=O) groups excluding carboxylic acids is 1. The fourth-order valence-electron chi connectivity index (χ4n) is 3.80. The predicted octanol–water partition coefficient (Wildman–Crippen LogP) is 2.76. The van der Waals surface area contributed by atoms with Gasteiger partial charge in [-0.15, -0.1) is 0 Å². The highest BCUT2D eigenvalue weighted by Gasteiger charge is 2.34. The molecular formula is C18H20N4O3. The maximum absolute atomic E-state index is 12.5. The number of carbonyl (C=O) groups is 1. The number of nitrogens with one attached hydrogen (secondary N) is 2. The number of aromatic amines is 1. The van der Waals surface area contributed by atoms with Gasteiger partial charge in [-0.1, -0.05) is 0 Å². The number of rotatable bonds is 4. The standard InChI is InChI=1S/C18H20N4O3/c23-18(20-17-11-12-7-9-21(17)10-8-12)16-6-5-15(19-16)13-1-3-14(4-2-13)22(24)25/h1-6,12,17,19H,7-11H2,(H,20,23). The van der Waals surface area contributed by atoms with Crippen LogP contribution in [0.3, 0.4) is 0 Å². The zero-order chi connectivity index (χ0) is 17.4. The van der Waals surface area contributed by atoms with E-state index >= 15 is 0 Å². The van der Waals surface area contributed by atoms with Gasteiger partial charge in [0.05, 0.1) is 11.1 Å². The highest BCUT2D eigenvalue weighted by Crippen LogP contribution is 2.30.